The molecule has 0 saturated carbocycles. The quantitative estimate of drug-likeness (QED) is 0.771. The largest absolute Gasteiger partial charge is 0.323 e. The Kier molecular flexibility index (Phi) is 3.24. The van der Waals surface area contributed by atoms with Crippen LogP contribution in [0.3, 0.4) is 0 Å². The van der Waals surface area contributed by atoms with Crippen molar-refractivity contribution in [3.8, 4) is 0 Å². The predicted molar refractivity (Wildman–Crippen MR) is 62.6 cm³/mol. The van der Waals surface area contributed by atoms with Crippen molar-refractivity contribution in [3.63, 3.8) is 0 Å². The van der Waals surface area contributed by atoms with Gasteiger partial charge in [-0.25, -0.2) is 9.18 Å². The molecule has 7 heteroatoms. The maximum absolute atomic E-state index is 13.4. The zero-order valence-electron chi connectivity index (χ0n) is 8.50. The number of aromatic amines is 1. The number of rotatable bonds is 2. The molecule has 0 aliphatic heterocycles. The standard InChI is InChI=1S/C10H8ClFN4O/c11-7-2-1-3-8(9(7)12)16-10(17)15-6-4-13-14-5-6/h1-5H,(H,13,14)(H2,15,16,17). The zero-order chi connectivity index (χ0) is 12.3. The van der Waals surface area contributed by atoms with E-state index in [0.717, 1.165) is 0 Å². The normalized spacial score (nSPS) is 10.0. The lowest BCUT2D eigenvalue weighted by Crippen LogP contribution is -2.19. The molecule has 17 heavy (non-hydrogen) atoms. The van der Waals surface area contributed by atoms with Crippen LogP contribution >= 0.6 is 11.6 Å². The number of nitrogens with zero attached hydrogens (tertiary/aromatic N) is 1. The van der Waals surface area contributed by atoms with Gasteiger partial charge in [0.2, 0.25) is 0 Å². The summed E-state index contributed by atoms with van der Waals surface area (Å²) in [7, 11) is 0. The molecule has 1 aromatic heterocycles. The minimum atomic E-state index is -0.670. The molecule has 2 amide bonds. The molecule has 0 aliphatic rings. The molecule has 3 N–H and O–H groups in total. The molecule has 0 saturated heterocycles. The van der Waals surface area contributed by atoms with Crippen LogP contribution in [0.2, 0.25) is 5.02 Å². The van der Waals surface area contributed by atoms with Gasteiger partial charge in [0.15, 0.2) is 5.82 Å². The minimum Gasteiger partial charge on any atom is -0.305 e. The van der Waals surface area contributed by atoms with Gasteiger partial charge in [0.05, 0.1) is 22.6 Å². The van der Waals surface area contributed by atoms with E-state index in [4.69, 9.17) is 11.6 Å². The van der Waals surface area contributed by atoms with Crippen LogP contribution in [0.1, 0.15) is 0 Å². The number of H-pyrrole nitrogens is 1. The highest BCUT2D eigenvalue weighted by molar-refractivity contribution is 6.31. The number of hydrogen-bond donors (Lipinski definition) is 3. The maximum atomic E-state index is 13.4. The third-order valence-corrected chi connectivity index (χ3v) is 2.25. The van der Waals surface area contributed by atoms with Crippen molar-refractivity contribution >= 4 is 29.0 Å². The molecule has 0 aliphatic carbocycles. The summed E-state index contributed by atoms with van der Waals surface area (Å²) in [6.07, 6.45) is 2.92. The number of amides is 2. The molecule has 1 heterocycles. The second-order valence-electron chi connectivity index (χ2n) is 3.17. The van der Waals surface area contributed by atoms with Crippen LogP contribution in [0.15, 0.2) is 30.6 Å². The van der Waals surface area contributed by atoms with Gasteiger partial charge in [-0.3, -0.25) is 5.10 Å². The molecule has 2 rings (SSSR count). The Labute approximate surface area is 101 Å². The van der Waals surface area contributed by atoms with E-state index in [9.17, 15) is 9.18 Å². The topological polar surface area (TPSA) is 69.8 Å². The van der Waals surface area contributed by atoms with E-state index < -0.39 is 11.8 Å². The number of nitrogens with one attached hydrogen (secondary N) is 3. The van der Waals surface area contributed by atoms with Crippen LogP contribution in [-0.4, -0.2) is 16.2 Å². The molecular weight excluding hydrogens is 247 g/mol. The van der Waals surface area contributed by atoms with E-state index in [1.807, 2.05) is 0 Å². The molecule has 0 bridgehead atoms. The van der Waals surface area contributed by atoms with Gasteiger partial charge in [-0.2, -0.15) is 5.10 Å². The van der Waals surface area contributed by atoms with Gasteiger partial charge in [0.1, 0.15) is 0 Å². The van der Waals surface area contributed by atoms with Gasteiger partial charge in [-0.15, -0.1) is 0 Å². The van der Waals surface area contributed by atoms with Gasteiger partial charge in [-0.1, -0.05) is 17.7 Å². The van der Waals surface area contributed by atoms with E-state index in [0.29, 0.717) is 5.69 Å². The summed E-state index contributed by atoms with van der Waals surface area (Å²) < 4.78 is 13.4. The molecule has 0 spiro atoms. The van der Waals surface area contributed by atoms with Crippen LogP contribution in [0.5, 0.6) is 0 Å². The lowest BCUT2D eigenvalue weighted by molar-refractivity contribution is 0.262. The second-order valence-corrected chi connectivity index (χ2v) is 3.57. The Balaban J connectivity index is 2.06. The lowest BCUT2D eigenvalue weighted by Gasteiger charge is -2.07. The van der Waals surface area contributed by atoms with E-state index in [-0.39, 0.29) is 10.7 Å². The summed E-state index contributed by atoms with van der Waals surface area (Å²) in [5, 5.41) is 10.9. The Morgan fingerprint density at radius 1 is 1.41 bits per heavy atom. The molecule has 0 fully saturated rings. The van der Waals surface area contributed by atoms with E-state index in [2.05, 4.69) is 20.8 Å². The van der Waals surface area contributed by atoms with Crippen LogP contribution in [0.4, 0.5) is 20.6 Å². The number of carbonyl (C=O) groups is 1. The summed E-state index contributed by atoms with van der Waals surface area (Å²) in [6, 6.07) is 3.78. The maximum Gasteiger partial charge on any atom is 0.323 e. The fourth-order valence-electron chi connectivity index (χ4n) is 1.20. The number of hydrogen-bond acceptors (Lipinski definition) is 2. The average Bonchev–Trinajstić information content (AvgIpc) is 2.77. The van der Waals surface area contributed by atoms with Gasteiger partial charge >= 0.3 is 6.03 Å². The number of carbonyl (C=O) groups excluding carboxylic acids is 1. The first kappa shape index (κ1) is 11.4. The fourth-order valence-corrected chi connectivity index (χ4v) is 1.38. The van der Waals surface area contributed by atoms with Crippen LogP contribution in [-0.2, 0) is 0 Å². The number of halogens is 2. The van der Waals surface area contributed by atoms with Crippen molar-refractivity contribution in [1.29, 1.82) is 0 Å². The van der Waals surface area contributed by atoms with Crippen molar-refractivity contribution in [2.45, 2.75) is 0 Å². The van der Waals surface area contributed by atoms with Crippen molar-refractivity contribution in [2.75, 3.05) is 10.6 Å². The minimum absolute atomic E-state index is 0.0125. The van der Waals surface area contributed by atoms with Gasteiger partial charge in [0.25, 0.3) is 0 Å². The monoisotopic (exact) mass is 254 g/mol. The number of urea groups is 1. The van der Waals surface area contributed by atoms with Crippen LogP contribution in [0.25, 0.3) is 0 Å². The molecule has 0 atom stereocenters. The van der Waals surface area contributed by atoms with Crippen LogP contribution in [0, 0.1) is 5.82 Å². The summed E-state index contributed by atoms with van der Waals surface area (Å²) in [4.78, 5) is 11.5. The lowest BCUT2D eigenvalue weighted by atomic mass is 10.3. The fraction of sp³-hybridized carbons (Fsp3) is 0. The van der Waals surface area contributed by atoms with E-state index in [1.54, 1.807) is 6.07 Å². The van der Waals surface area contributed by atoms with Crippen molar-refractivity contribution in [2.24, 2.45) is 0 Å². The first-order valence-electron chi connectivity index (χ1n) is 4.67. The molecule has 88 valence electrons. The third-order valence-electron chi connectivity index (χ3n) is 1.96. The highest BCUT2D eigenvalue weighted by Crippen LogP contribution is 2.22. The molecule has 2 aromatic rings. The first-order chi connectivity index (χ1) is 8.16. The van der Waals surface area contributed by atoms with Gasteiger partial charge < -0.3 is 10.6 Å². The molecular formula is C10H8ClFN4O. The van der Waals surface area contributed by atoms with Crippen molar-refractivity contribution in [1.82, 2.24) is 10.2 Å². The van der Waals surface area contributed by atoms with E-state index >= 15 is 0 Å². The van der Waals surface area contributed by atoms with E-state index in [1.165, 1.54) is 24.5 Å². The Hall–Kier alpha value is -2.08. The molecule has 0 unspecified atom stereocenters. The Morgan fingerprint density at radius 3 is 2.94 bits per heavy atom. The summed E-state index contributed by atoms with van der Waals surface area (Å²) >= 11 is 5.58. The highest BCUT2D eigenvalue weighted by atomic mass is 35.5. The van der Waals surface area contributed by atoms with Crippen molar-refractivity contribution in [3.05, 3.63) is 41.4 Å². The number of aromatic nitrogens is 2. The Bertz CT molecular complexity index is 529. The first-order valence-corrected chi connectivity index (χ1v) is 5.05. The second kappa shape index (κ2) is 4.84. The van der Waals surface area contributed by atoms with Crippen molar-refractivity contribution < 1.29 is 9.18 Å². The van der Waals surface area contributed by atoms with Gasteiger partial charge in [0, 0.05) is 6.20 Å². The molecule has 5 nitrogen and oxygen atoms in total. The summed E-state index contributed by atoms with van der Waals surface area (Å²) in [6.45, 7) is 0. The number of benzene rings is 1. The zero-order valence-corrected chi connectivity index (χ0v) is 9.25. The molecule has 1 aromatic carbocycles. The average molecular weight is 255 g/mol. The van der Waals surface area contributed by atoms with Crippen LogP contribution < -0.4 is 10.6 Å². The molecule has 0 radical (unpaired) electrons. The number of anilines is 2. The third kappa shape index (κ3) is 2.73. The summed E-state index contributed by atoms with van der Waals surface area (Å²) in [5.41, 5.74) is 0.489. The SMILES string of the molecule is O=C(Nc1cn[nH]c1)Nc1cccc(Cl)c1F. The Morgan fingerprint density at radius 2 is 2.24 bits per heavy atom. The predicted octanol–water partition coefficient (Wildman–Crippen LogP) is 2.85. The van der Waals surface area contributed by atoms with Gasteiger partial charge in [-0.05, 0) is 12.1 Å². The highest BCUT2D eigenvalue weighted by Gasteiger charge is 2.09. The smallest absolute Gasteiger partial charge is 0.305 e. The summed E-state index contributed by atoms with van der Waals surface area (Å²) in [5.74, 6) is -0.670.